The summed E-state index contributed by atoms with van der Waals surface area (Å²) in [7, 11) is 1.62. The molecule has 3 amide bonds. The average molecular weight is 712 g/mol. The van der Waals surface area contributed by atoms with Gasteiger partial charge in [-0.2, -0.15) is 0 Å². The van der Waals surface area contributed by atoms with Gasteiger partial charge in [-0.25, -0.2) is 0 Å². The van der Waals surface area contributed by atoms with E-state index in [1.165, 1.54) is 17.0 Å². The Bertz CT molecular complexity index is 2040. The second kappa shape index (κ2) is 13.8. The van der Waals surface area contributed by atoms with Crippen LogP contribution in [0, 0.1) is 20.8 Å². The molecule has 3 aliphatic rings. The van der Waals surface area contributed by atoms with Crippen molar-refractivity contribution < 1.29 is 19.1 Å². The number of aliphatic imine (C=N–C) groups is 1. The third kappa shape index (κ3) is 6.33. The van der Waals surface area contributed by atoms with Crippen LogP contribution in [-0.2, 0) is 20.8 Å². The van der Waals surface area contributed by atoms with Crippen LogP contribution in [0.25, 0.3) is 5.00 Å². The number of anilines is 1. The Kier molecular flexibility index (Phi) is 9.32. The minimum Gasteiger partial charge on any atom is -0.497 e. The molecule has 0 radical (unpaired) electrons. The highest BCUT2D eigenvalue weighted by molar-refractivity contribution is 7.15. The number of nitrogens with zero attached hydrogens (tertiary/aromatic N) is 7. The zero-order valence-electron chi connectivity index (χ0n) is 28.5. The Hall–Kier alpha value is -4.81. The Morgan fingerprint density at radius 1 is 0.940 bits per heavy atom. The molecule has 7 rings (SSSR count). The van der Waals surface area contributed by atoms with E-state index in [0.29, 0.717) is 43.6 Å². The molecule has 1 atom stereocenters. The molecular formula is C37H38ClN7O4S. The fourth-order valence-corrected chi connectivity index (χ4v) is 8.21. The maximum atomic E-state index is 13.8. The summed E-state index contributed by atoms with van der Waals surface area (Å²) < 4.78 is 7.37. The van der Waals surface area contributed by atoms with Crippen molar-refractivity contribution in [1.82, 2.24) is 24.6 Å². The van der Waals surface area contributed by atoms with Gasteiger partial charge in [0.25, 0.3) is 5.91 Å². The molecule has 50 heavy (non-hydrogen) atoms. The summed E-state index contributed by atoms with van der Waals surface area (Å²) in [5.74, 6) is 1.56. The standard InChI is InChI=1S/C37H38ClN7O4S/c1-22-23(2)50-37-34(22)35(25-7-9-27(38)10-8-25)39-29(36-41-40-24(3)45(36)37)21-33(48)43-18-16-42(17-19-43)31(46)13-14-32(47)44-15-5-6-26-20-28(49-4)11-12-30(26)44/h7-14,20,29H,5-6,15-19,21H2,1-4H3/b14-13+/t29-/m0/s1. The van der Waals surface area contributed by atoms with Gasteiger partial charge in [0.2, 0.25) is 11.8 Å². The first-order valence-corrected chi connectivity index (χ1v) is 17.9. The summed E-state index contributed by atoms with van der Waals surface area (Å²) in [6, 6.07) is 12.7. The number of hydrogen-bond acceptors (Lipinski definition) is 8. The monoisotopic (exact) mass is 711 g/mol. The third-order valence-electron chi connectivity index (χ3n) is 9.71. The molecule has 2 aromatic carbocycles. The number of ether oxygens (including phenoxy) is 1. The van der Waals surface area contributed by atoms with E-state index in [1.54, 1.807) is 33.1 Å². The van der Waals surface area contributed by atoms with Crippen molar-refractivity contribution >= 4 is 52.1 Å². The zero-order chi connectivity index (χ0) is 35.1. The number of benzene rings is 2. The first-order chi connectivity index (χ1) is 24.1. The highest BCUT2D eigenvalue weighted by Crippen LogP contribution is 2.40. The van der Waals surface area contributed by atoms with E-state index in [-0.39, 0.29) is 24.1 Å². The lowest BCUT2D eigenvalue weighted by atomic mass is 9.99. The van der Waals surface area contributed by atoms with Crippen LogP contribution in [0.4, 0.5) is 5.69 Å². The number of piperazine rings is 1. The minimum atomic E-state index is -0.566. The Labute approximate surface area is 299 Å². The SMILES string of the molecule is COc1ccc2c(c1)CCCN2C(=O)/C=C/C(=O)N1CCN(C(=O)C[C@@H]2N=C(c3ccc(Cl)cc3)c3c(sc(C)c3C)-n3c(C)nnc32)CC1. The van der Waals surface area contributed by atoms with Crippen molar-refractivity contribution in [2.75, 3.05) is 44.7 Å². The van der Waals surface area contributed by atoms with E-state index in [2.05, 4.69) is 24.0 Å². The number of aryl methyl sites for hydroxylation is 3. The summed E-state index contributed by atoms with van der Waals surface area (Å²) in [6.07, 6.45) is 4.50. The van der Waals surface area contributed by atoms with Crippen molar-refractivity contribution in [3.8, 4) is 10.8 Å². The van der Waals surface area contributed by atoms with Crippen LogP contribution < -0.4 is 9.64 Å². The molecule has 0 N–H and O–H groups in total. The van der Waals surface area contributed by atoms with Crippen LogP contribution in [0.1, 0.15) is 57.7 Å². The van der Waals surface area contributed by atoms with Crippen LogP contribution in [-0.4, -0.2) is 87.8 Å². The van der Waals surface area contributed by atoms with Gasteiger partial charge < -0.3 is 19.4 Å². The molecule has 0 saturated carbocycles. The first kappa shape index (κ1) is 33.7. The first-order valence-electron chi connectivity index (χ1n) is 16.7. The zero-order valence-corrected chi connectivity index (χ0v) is 30.1. The lowest BCUT2D eigenvalue weighted by molar-refractivity contribution is -0.137. The smallest absolute Gasteiger partial charge is 0.251 e. The number of fused-ring (bicyclic) bond motifs is 4. The van der Waals surface area contributed by atoms with Crippen molar-refractivity contribution in [2.24, 2.45) is 4.99 Å². The fourth-order valence-electron chi connectivity index (χ4n) is 6.87. The van der Waals surface area contributed by atoms with E-state index in [4.69, 9.17) is 21.3 Å². The lowest BCUT2D eigenvalue weighted by Gasteiger charge is -2.34. The van der Waals surface area contributed by atoms with Gasteiger partial charge in [-0.3, -0.25) is 23.9 Å². The maximum absolute atomic E-state index is 13.8. The number of thiophene rings is 1. The normalized spacial score (nSPS) is 17.2. The lowest BCUT2D eigenvalue weighted by Crippen LogP contribution is -2.50. The molecular weight excluding hydrogens is 674 g/mol. The summed E-state index contributed by atoms with van der Waals surface area (Å²) in [6.45, 7) is 8.19. The van der Waals surface area contributed by atoms with Gasteiger partial charge in [-0.05, 0) is 75.1 Å². The minimum absolute atomic E-state index is 0.0715. The number of hydrogen-bond donors (Lipinski definition) is 0. The molecule has 11 nitrogen and oxygen atoms in total. The molecule has 13 heteroatoms. The number of halogens is 1. The topological polar surface area (TPSA) is 113 Å². The van der Waals surface area contributed by atoms with Crippen molar-refractivity contribution in [3.05, 3.63) is 98.4 Å². The summed E-state index contributed by atoms with van der Waals surface area (Å²) >= 11 is 7.90. The highest BCUT2D eigenvalue weighted by atomic mass is 35.5. The fraction of sp³-hybridized carbons (Fsp3) is 0.351. The van der Waals surface area contributed by atoms with Gasteiger partial charge in [-0.1, -0.05) is 23.7 Å². The predicted molar refractivity (Wildman–Crippen MR) is 194 cm³/mol. The Morgan fingerprint density at radius 3 is 2.40 bits per heavy atom. The number of aromatic nitrogens is 3. The van der Waals surface area contributed by atoms with Gasteiger partial charge in [-0.15, -0.1) is 21.5 Å². The molecule has 258 valence electrons. The molecule has 0 bridgehead atoms. The van der Waals surface area contributed by atoms with Crippen molar-refractivity contribution in [1.29, 1.82) is 0 Å². The van der Waals surface area contributed by atoms with E-state index in [9.17, 15) is 14.4 Å². The van der Waals surface area contributed by atoms with Crippen LogP contribution in [0.2, 0.25) is 5.02 Å². The number of rotatable bonds is 6. The molecule has 3 aliphatic heterocycles. The number of carbonyl (C=O) groups is 3. The second-order valence-electron chi connectivity index (χ2n) is 12.7. The predicted octanol–water partition coefficient (Wildman–Crippen LogP) is 5.40. The summed E-state index contributed by atoms with van der Waals surface area (Å²) in [5, 5.41) is 10.5. The largest absolute Gasteiger partial charge is 0.497 e. The van der Waals surface area contributed by atoms with Crippen molar-refractivity contribution in [2.45, 2.75) is 46.1 Å². The highest BCUT2D eigenvalue weighted by Gasteiger charge is 2.34. The average Bonchev–Trinajstić information content (AvgIpc) is 3.61. The Balaban J connectivity index is 1.04. The number of amides is 3. The van der Waals surface area contributed by atoms with Gasteiger partial charge >= 0.3 is 0 Å². The van der Waals surface area contributed by atoms with Crippen LogP contribution in [0.15, 0.2) is 59.6 Å². The maximum Gasteiger partial charge on any atom is 0.251 e. The van der Waals surface area contributed by atoms with Crippen LogP contribution >= 0.6 is 22.9 Å². The van der Waals surface area contributed by atoms with E-state index < -0.39 is 6.04 Å². The van der Waals surface area contributed by atoms with Crippen LogP contribution in [0.3, 0.4) is 0 Å². The second-order valence-corrected chi connectivity index (χ2v) is 14.4. The molecule has 4 aromatic rings. The summed E-state index contributed by atoms with van der Waals surface area (Å²) in [5.41, 5.74) is 5.75. The number of carbonyl (C=O) groups excluding carboxylic acids is 3. The molecule has 5 heterocycles. The molecule has 2 aromatic heterocycles. The quantitative estimate of drug-likeness (QED) is 0.248. The van der Waals surface area contributed by atoms with E-state index in [0.717, 1.165) is 63.1 Å². The third-order valence-corrected chi connectivity index (χ3v) is 11.2. The van der Waals surface area contributed by atoms with Crippen molar-refractivity contribution in [3.63, 3.8) is 0 Å². The summed E-state index contributed by atoms with van der Waals surface area (Å²) in [4.78, 5) is 51.6. The molecule has 0 aliphatic carbocycles. The van der Waals surface area contributed by atoms with Gasteiger partial charge in [0, 0.05) is 71.6 Å². The van der Waals surface area contributed by atoms with E-state index >= 15 is 0 Å². The molecule has 0 spiro atoms. The van der Waals surface area contributed by atoms with Gasteiger partial charge in [0.15, 0.2) is 5.82 Å². The number of methoxy groups -OCH3 is 1. The van der Waals surface area contributed by atoms with E-state index in [1.807, 2.05) is 54.0 Å². The molecule has 1 fully saturated rings. The van der Waals surface area contributed by atoms with Crippen LogP contribution in [0.5, 0.6) is 5.75 Å². The Morgan fingerprint density at radius 2 is 1.66 bits per heavy atom. The van der Waals surface area contributed by atoms with Gasteiger partial charge in [0.05, 0.1) is 19.2 Å². The van der Waals surface area contributed by atoms with Gasteiger partial charge in [0.1, 0.15) is 22.6 Å². The molecule has 0 unspecified atom stereocenters. The molecule has 1 saturated heterocycles.